The number of benzene rings is 2. The predicted octanol–water partition coefficient (Wildman–Crippen LogP) is 4.30. The molecule has 1 aliphatic carbocycles. The average Bonchev–Trinajstić information content (AvgIpc) is 3.02. The SMILES string of the molecule is O=C(Nc1ccc2c(c1)CCCC2)c1ccc2cc[nH]c2c1. The van der Waals surface area contributed by atoms with E-state index in [2.05, 4.69) is 22.4 Å². The number of carbonyl (C=O) groups excluding carboxylic acids is 1. The zero-order valence-electron chi connectivity index (χ0n) is 12.4. The lowest BCUT2D eigenvalue weighted by molar-refractivity contribution is 0.102. The number of nitrogens with one attached hydrogen (secondary N) is 2. The maximum absolute atomic E-state index is 12.4. The first-order valence-corrected chi connectivity index (χ1v) is 7.80. The summed E-state index contributed by atoms with van der Waals surface area (Å²) in [6.45, 7) is 0. The molecule has 3 nitrogen and oxygen atoms in total. The molecule has 0 saturated carbocycles. The second-order valence-corrected chi connectivity index (χ2v) is 5.92. The van der Waals surface area contributed by atoms with Crippen LogP contribution in [0.15, 0.2) is 48.7 Å². The van der Waals surface area contributed by atoms with Crippen LogP contribution in [0.3, 0.4) is 0 Å². The number of H-pyrrole nitrogens is 1. The van der Waals surface area contributed by atoms with Crippen molar-refractivity contribution >= 4 is 22.5 Å². The molecule has 1 aliphatic rings. The molecule has 22 heavy (non-hydrogen) atoms. The molecule has 2 N–H and O–H groups in total. The van der Waals surface area contributed by atoms with Crippen LogP contribution < -0.4 is 5.32 Å². The number of carbonyl (C=O) groups is 1. The zero-order chi connectivity index (χ0) is 14.9. The number of hydrogen-bond donors (Lipinski definition) is 2. The predicted molar refractivity (Wildman–Crippen MR) is 89.3 cm³/mol. The maximum atomic E-state index is 12.4. The molecular formula is C19H18N2O. The fourth-order valence-electron chi connectivity index (χ4n) is 3.20. The van der Waals surface area contributed by atoms with Gasteiger partial charge in [0.25, 0.3) is 5.91 Å². The van der Waals surface area contributed by atoms with Gasteiger partial charge in [0.2, 0.25) is 0 Å². The number of anilines is 1. The maximum Gasteiger partial charge on any atom is 0.255 e. The van der Waals surface area contributed by atoms with E-state index >= 15 is 0 Å². The van der Waals surface area contributed by atoms with Gasteiger partial charge in [0, 0.05) is 23.0 Å². The minimum Gasteiger partial charge on any atom is -0.361 e. The molecule has 0 unspecified atom stereocenters. The second kappa shape index (κ2) is 5.34. The first-order valence-electron chi connectivity index (χ1n) is 7.80. The highest BCUT2D eigenvalue weighted by Gasteiger charge is 2.12. The van der Waals surface area contributed by atoms with Gasteiger partial charge in [-0.2, -0.15) is 0 Å². The van der Waals surface area contributed by atoms with Crippen molar-refractivity contribution in [2.45, 2.75) is 25.7 Å². The van der Waals surface area contributed by atoms with Gasteiger partial charge in [-0.1, -0.05) is 12.1 Å². The Morgan fingerprint density at radius 1 is 0.955 bits per heavy atom. The number of aromatic nitrogens is 1. The van der Waals surface area contributed by atoms with Crippen LogP contribution in [0.4, 0.5) is 5.69 Å². The number of fused-ring (bicyclic) bond motifs is 2. The fraction of sp³-hybridized carbons (Fsp3) is 0.211. The highest BCUT2D eigenvalue weighted by Crippen LogP contribution is 2.24. The van der Waals surface area contributed by atoms with E-state index in [1.54, 1.807) is 0 Å². The summed E-state index contributed by atoms with van der Waals surface area (Å²) in [6, 6.07) is 14.0. The van der Waals surface area contributed by atoms with Crippen LogP contribution in [0.25, 0.3) is 10.9 Å². The average molecular weight is 290 g/mol. The molecule has 0 atom stereocenters. The van der Waals surface area contributed by atoms with Gasteiger partial charge < -0.3 is 10.3 Å². The van der Waals surface area contributed by atoms with Crippen LogP contribution in [0.1, 0.15) is 34.3 Å². The largest absolute Gasteiger partial charge is 0.361 e. The topological polar surface area (TPSA) is 44.9 Å². The Kier molecular flexibility index (Phi) is 3.19. The molecule has 0 radical (unpaired) electrons. The van der Waals surface area contributed by atoms with Crippen molar-refractivity contribution in [1.29, 1.82) is 0 Å². The minimum absolute atomic E-state index is 0.0627. The van der Waals surface area contributed by atoms with Crippen molar-refractivity contribution in [2.24, 2.45) is 0 Å². The van der Waals surface area contributed by atoms with Gasteiger partial charge in [0.05, 0.1) is 0 Å². The second-order valence-electron chi connectivity index (χ2n) is 5.92. The number of rotatable bonds is 2. The normalized spacial score (nSPS) is 13.8. The first-order chi connectivity index (χ1) is 10.8. The van der Waals surface area contributed by atoms with E-state index in [0.29, 0.717) is 5.56 Å². The van der Waals surface area contributed by atoms with Gasteiger partial charge in [-0.25, -0.2) is 0 Å². The van der Waals surface area contributed by atoms with E-state index in [9.17, 15) is 4.79 Å². The summed E-state index contributed by atoms with van der Waals surface area (Å²) in [4.78, 5) is 15.6. The Balaban J connectivity index is 1.58. The summed E-state index contributed by atoms with van der Waals surface area (Å²) in [7, 11) is 0. The van der Waals surface area contributed by atoms with Crippen LogP contribution in [-0.4, -0.2) is 10.9 Å². The highest BCUT2D eigenvalue weighted by atomic mass is 16.1. The van der Waals surface area contributed by atoms with Crippen molar-refractivity contribution in [3.8, 4) is 0 Å². The molecular weight excluding hydrogens is 272 g/mol. The molecule has 0 saturated heterocycles. The summed E-state index contributed by atoms with van der Waals surface area (Å²) >= 11 is 0. The van der Waals surface area contributed by atoms with Crippen LogP contribution in [0.5, 0.6) is 0 Å². The lowest BCUT2D eigenvalue weighted by Crippen LogP contribution is -2.12. The molecule has 0 spiro atoms. The summed E-state index contributed by atoms with van der Waals surface area (Å²) < 4.78 is 0. The molecule has 1 aromatic heterocycles. The molecule has 110 valence electrons. The Bertz CT molecular complexity index is 848. The molecule has 1 amide bonds. The van der Waals surface area contributed by atoms with Gasteiger partial charge in [-0.05, 0) is 72.5 Å². The summed E-state index contributed by atoms with van der Waals surface area (Å²) in [5, 5.41) is 4.13. The smallest absolute Gasteiger partial charge is 0.255 e. The van der Waals surface area contributed by atoms with E-state index in [4.69, 9.17) is 0 Å². The van der Waals surface area contributed by atoms with Gasteiger partial charge in [0.15, 0.2) is 0 Å². The standard InChI is InChI=1S/C19H18N2O/c22-19(16-6-5-14-9-10-20-18(14)12-16)21-17-8-7-13-3-1-2-4-15(13)11-17/h5-12,20H,1-4H2,(H,21,22). The number of aryl methyl sites for hydroxylation is 2. The Labute approximate surface area is 129 Å². The molecule has 3 heteroatoms. The molecule has 0 aliphatic heterocycles. The Morgan fingerprint density at radius 3 is 2.73 bits per heavy atom. The molecule has 3 aromatic rings. The van der Waals surface area contributed by atoms with E-state index in [1.807, 2.05) is 36.5 Å². The van der Waals surface area contributed by atoms with Crippen molar-refractivity contribution in [3.05, 3.63) is 65.4 Å². The van der Waals surface area contributed by atoms with Crippen LogP contribution in [0, 0.1) is 0 Å². The van der Waals surface area contributed by atoms with Crippen molar-refractivity contribution in [1.82, 2.24) is 4.98 Å². The van der Waals surface area contributed by atoms with E-state index in [-0.39, 0.29) is 5.91 Å². The van der Waals surface area contributed by atoms with Gasteiger partial charge in [0.1, 0.15) is 0 Å². The Hall–Kier alpha value is -2.55. The van der Waals surface area contributed by atoms with E-state index in [1.165, 1.54) is 24.0 Å². The van der Waals surface area contributed by atoms with Crippen molar-refractivity contribution in [3.63, 3.8) is 0 Å². The fourth-order valence-corrected chi connectivity index (χ4v) is 3.20. The third-order valence-electron chi connectivity index (χ3n) is 4.42. The summed E-state index contributed by atoms with van der Waals surface area (Å²) in [5.41, 5.74) is 5.35. The van der Waals surface area contributed by atoms with Gasteiger partial charge in [-0.3, -0.25) is 4.79 Å². The lowest BCUT2D eigenvalue weighted by Gasteiger charge is -2.16. The van der Waals surface area contributed by atoms with Gasteiger partial charge in [-0.15, -0.1) is 0 Å². The van der Waals surface area contributed by atoms with E-state index < -0.39 is 0 Å². The van der Waals surface area contributed by atoms with Crippen LogP contribution in [0.2, 0.25) is 0 Å². The minimum atomic E-state index is -0.0627. The van der Waals surface area contributed by atoms with Crippen LogP contribution >= 0.6 is 0 Å². The summed E-state index contributed by atoms with van der Waals surface area (Å²) in [5.74, 6) is -0.0627. The quantitative estimate of drug-likeness (QED) is 0.726. The third-order valence-corrected chi connectivity index (χ3v) is 4.42. The number of hydrogen-bond acceptors (Lipinski definition) is 1. The molecule has 0 fully saturated rings. The molecule has 4 rings (SSSR count). The number of aromatic amines is 1. The van der Waals surface area contributed by atoms with E-state index in [0.717, 1.165) is 29.4 Å². The highest BCUT2D eigenvalue weighted by molar-refractivity contribution is 6.06. The molecule has 2 aromatic carbocycles. The van der Waals surface area contributed by atoms with Crippen molar-refractivity contribution in [2.75, 3.05) is 5.32 Å². The summed E-state index contributed by atoms with van der Waals surface area (Å²) in [6.07, 6.45) is 6.68. The first kappa shape index (κ1) is 13.1. The van der Waals surface area contributed by atoms with Crippen LogP contribution in [-0.2, 0) is 12.8 Å². The molecule has 1 heterocycles. The molecule has 0 bridgehead atoms. The Morgan fingerprint density at radius 2 is 1.82 bits per heavy atom. The monoisotopic (exact) mass is 290 g/mol. The lowest BCUT2D eigenvalue weighted by atomic mass is 9.91. The zero-order valence-corrected chi connectivity index (χ0v) is 12.4. The number of amides is 1. The van der Waals surface area contributed by atoms with Gasteiger partial charge >= 0.3 is 0 Å². The van der Waals surface area contributed by atoms with Crippen molar-refractivity contribution < 1.29 is 4.79 Å². The third kappa shape index (κ3) is 2.39.